The molecule has 0 radical (unpaired) electrons. The second kappa shape index (κ2) is 6.64. The number of sulfonamides is 1. The van der Waals surface area contributed by atoms with Crippen LogP contribution in [-0.2, 0) is 23.0 Å². The summed E-state index contributed by atoms with van der Waals surface area (Å²) in [6.07, 6.45) is 5.67. The van der Waals surface area contributed by atoms with Crippen molar-refractivity contribution >= 4 is 10.0 Å². The van der Waals surface area contributed by atoms with E-state index in [0.29, 0.717) is 12.5 Å². The first-order valence-corrected chi connectivity index (χ1v) is 9.76. The highest BCUT2D eigenvalue weighted by molar-refractivity contribution is 7.90. The summed E-state index contributed by atoms with van der Waals surface area (Å²) in [4.78, 5) is 6.87. The van der Waals surface area contributed by atoms with Crippen LogP contribution in [0.4, 0.5) is 0 Å². The Labute approximate surface area is 133 Å². The summed E-state index contributed by atoms with van der Waals surface area (Å²) >= 11 is 0. The molecule has 1 saturated carbocycles. The van der Waals surface area contributed by atoms with E-state index in [1.54, 1.807) is 0 Å². The van der Waals surface area contributed by atoms with E-state index in [1.807, 2.05) is 6.20 Å². The van der Waals surface area contributed by atoms with Gasteiger partial charge >= 0.3 is 0 Å². The molecule has 6 heteroatoms. The molecule has 22 heavy (non-hydrogen) atoms. The van der Waals surface area contributed by atoms with Gasteiger partial charge in [0, 0.05) is 25.8 Å². The van der Waals surface area contributed by atoms with Crippen molar-refractivity contribution in [3.05, 3.63) is 29.6 Å². The first kappa shape index (κ1) is 15.9. The van der Waals surface area contributed by atoms with Gasteiger partial charge in [-0.25, -0.2) is 13.1 Å². The highest BCUT2D eigenvalue weighted by atomic mass is 32.2. The monoisotopic (exact) mass is 323 g/mol. The van der Waals surface area contributed by atoms with Crippen LogP contribution < -0.4 is 4.72 Å². The summed E-state index contributed by atoms with van der Waals surface area (Å²) in [6.45, 7) is 5.54. The van der Waals surface area contributed by atoms with Gasteiger partial charge < -0.3 is 0 Å². The highest BCUT2D eigenvalue weighted by Gasteiger charge is 2.36. The lowest BCUT2D eigenvalue weighted by Gasteiger charge is -2.16. The molecule has 1 aliphatic heterocycles. The van der Waals surface area contributed by atoms with Crippen LogP contribution in [-0.4, -0.2) is 43.2 Å². The molecular weight excluding hydrogens is 298 g/mol. The Bertz CT molecular complexity index is 596. The average molecular weight is 323 g/mol. The third kappa shape index (κ3) is 4.06. The maximum atomic E-state index is 11.8. The summed E-state index contributed by atoms with van der Waals surface area (Å²) in [6, 6.07) is 4.24. The van der Waals surface area contributed by atoms with E-state index in [4.69, 9.17) is 0 Å². The van der Waals surface area contributed by atoms with Crippen LogP contribution in [0.15, 0.2) is 18.3 Å². The summed E-state index contributed by atoms with van der Waals surface area (Å²) in [5.74, 6) is 0.420. The zero-order chi connectivity index (χ0) is 15.6. The van der Waals surface area contributed by atoms with E-state index in [2.05, 4.69) is 33.7 Å². The van der Waals surface area contributed by atoms with Crippen LogP contribution >= 0.6 is 0 Å². The number of hydrogen-bond donors (Lipinski definition) is 1. The number of pyridine rings is 1. The number of hydrogen-bond acceptors (Lipinski definition) is 4. The minimum absolute atomic E-state index is 0.119. The minimum atomic E-state index is -3.04. The molecule has 0 unspecified atom stereocenters. The zero-order valence-electron chi connectivity index (χ0n) is 13.2. The molecule has 1 N–H and O–H groups in total. The predicted octanol–water partition coefficient (Wildman–Crippen LogP) is 1.55. The standard InChI is InChI=1S/C16H25N3O2S/c1-2-13-3-4-15(17-9-13)12-19-8-7-14(11-19)10-18-22(20,21)16-5-6-16/h3-4,9,14,16,18H,2,5-8,10-12H2,1H3/t14-/m1/s1. The van der Waals surface area contributed by atoms with Crippen molar-refractivity contribution in [1.29, 1.82) is 0 Å². The van der Waals surface area contributed by atoms with Crippen molar-refractivity contribution in [2.24, 2.45) is 5.92 Å². The lowest BCUT2D eigenvalue weighted by molar-refractivity contribution is 0.313. The van der Waals surface area contributed by atoms with E-state index in [9.17, 15) is 8.42 Å². The van der Waals surface area contributed by atoms with Crippen molar-refractivity contribution in [2.75, 3.05) is 19.6 Å². The first-order valence-electron chi connectivity index (χ1n) is 8.21. The topological polar surface area (TPSA) is 62.3 Å². The van der Waals surface area contributed by atoms with Gasteiger partial charge in [0.1, 0.15) is 0 Å². The third-order valence-electron chi connectivity index (χ3n) is 4.59. The number of nitrogens with zero attached hydrogens (tertiary/aromatic N) is 2. The lowest BCUT2D eigenvalue weighted by atomic mass is 10.1. The van der Waals surface area contributed by atoms with Crippen LogP contribution in [0.3, 0.4) is 0 Å². The molecular formula is C16H25N3O2S. The smallest absolute Gasteiger partial charge is 0.214 e. The van der Waals surface area contributed by atoms with Gasteiger partial charge in [-0.3, -0.25) is 9.88 Å². The number of nitrogens with one attached hydrogen (secondary N) is 1. The molecule has 2 heterocycles. The Morgan fingerprint density at radius 3 is 2.77 bits per heavy atom. The normalized spacial score (nSPS) is 23.0. The number of aryl methyl sites for hydroxylation is 1. The largest absolute Gasteiger partial charge is 0.297 e. The molecule has 1 atom stereocenters. The van der Waals surface area contributed by atoms with Crippen molar-refractivity contribution in [2.45, 2.75) is 44.4 Å². The minimum Gasteiger partial charge on any atom is -0.297 e. The molecule has 0 spiro atoms. The number of aromatic nitrogens is 1. The van der Waals surface area contributed by atoms with Gasteiger partial charge in [-0.1, -0.05) is 13.0 Å². The van der Waals surface area contributed by atoms with Crippen LogP contribution in [0.5, 0.6) is 0 Å². The van der Waals surface area contributed by atoms with Crippen LogP contribution in [0.2, 0.25) is 0 Å². The first-order chi connectivity index (χ1) is 10.6. The van der Waals surface area contributed by atoms with Crippen molar-refractivity contribution in [3.8, 4) is 0 Å². The molecule has 1 aliphatic carbocycles. The van der Waals surface area contributed by atoms with Gasteiger partial charge in [-0.15, -0.1) is 0 Å². The molecule has 122 valence electrons. The van der Waals surface area contributed by atoms with Gasteiger partial charge in [-0.2, -0.15) is 0 Å². The number of likely N-dealkylation sites (tertiary alicyclic amines) is 1. The van der Waals surface area contributed by atoms with Gasteiger partial charge in [0.2, 0.25) is 10.0 Å². The predicted molar refractivity (Wildman–Crippen MR) is 86.9 cm³/mol. The summed E-state index contributed by atoms with van der Waals surface area (Å²) < 4.78 is 26.5. The van der Waals surface area contributed by atoms with Gasteiger partial charge in [-0.05, 0) is 49.8 Å². The fourth-order valence-corrected chi connectivity index (χ4v) is 4.40. The molecule has 2 fully saturated rings. The molecule has 0 aromatic carbocycles. The van der Waals surface area contributed by atoms with E-state index in [0.717, 1.165) is 51.0 Å². The van der Waals surface area contributed by atoms with Gasteiger partial charge in [0.25, 0.3) is 0 Å². The summed E-state index contributed by atoms with van der Waals surface area (Å²) in [5, 5.41) is -0.119. The van der Waals surface area contributed by atoms with Crippen LogP contribution in [0.1, 0.15) is 37.4 Å². The maximum absolute atomic E-state index is 11.8. The molecule has 5 nitrogen and oxygen atoms in total. The Kier molecular flexibility index (Phi) is 4.80. The molecule has 0 bridgehead atoms. The summed E-state index contributed by atoms with van der Waals surface area (Å²) in [5.41, 5.74) is 2.36. The Morgan fingerprint density at radius 1 is 1.32 bits per heavy atom. The zero-order valence-corrected chi connectivity index (χ0v) is 14.0. The lowest BCUT2D eigenvalue weighted by Crippen LogP contribution is -2.33. The molecule has 2 aliphatic rings. The Morgan fingerprint density at radius 2 is 2.14 bits per heavy atom. The van der Waals surface area contributed by atoms with Crippen LogP contribution in [0, 0.1) is 5.92 Å². The van der Waals surface area contributed by atoms with Crippen molar-refractivity contribution in [3.63, 3.8) is 0 Å². The van der Waals surface area contributed by atoms with Gasteiger partial charge in [0.05, 0.1) is 10.9 Å². The molecule has 1 aromatic rings. The van der Waals surface area contributed by atoms with Crippen LogP contribution in [0.25, 0.3) is 0 Å². The van der Waals surface area contributed by atoms with Crippen molar-refractivity contribution in [1.82, 2.24) is 14.6 Å². The Hall–Kier alpha value is -0.980. The molecule has 3 rings (SSSR count). The second-order valence-corrected chi connectivity index (χ2v) is 8.54. The van der Waals surface area contributed by atoms with E-state index < -0.39 is 10.0 Å². The fraction of sp³-hybridized carbons (Fsp3) is 0.688. The van der Waals surface area contributed by atoms with E-state index in [-0.39, 0.29) is 5.25 Å². The van der Waals surface area contributed by atoms with E-state index >= 15 is 0 Å². The molecule has 1 aromatic heterocycles. The average Bonchev–Trinajstić information content (AvgIpc) is 3.29. The summed E-state index contributed by atoms with van der Waals surface area (Å²) in [7, 11) is -3.04. The fourth-order valence-electron chi connectivity index (χ4n) is 2.94. The second-order valence-electron chi connectivity index (χ2n) is 6.49. The quantitative estimate of drug-likeness (QED) is 0.827. The SMILES string of the molecule is CCc1ccc(CN2CC[C@H](CNS(=O)(=O)C3CC3)C2)nc1. The Balaban J connectivity index is 1.45. The van der Waals surface area contributed by atoms with E-state index in [1.165, 1.54) is 5.56 Å². The third-order valence-corrected chi connectivity index (χ3v) is 6.50. The molecule has 1 saturated heterocycles. The number of rotatable bonds is 7. The molecule has 0 amide bonds. The maximum Gasteiger partial charge on any atom is 0.214 e. The van der Waals surface area contributed by atoms with Gasteiger partial charge in [0.15, 0.2) is 0 Å². The highest BCUT2D eigenvalue weighted by Crippen LogP contribution is 2.27. The van der Waals surface area contributed by atoms with Crippen molar-refractivity contribution < 1.29 is 8.42 Å².